The number of alkyl halides is 3. The molecule has 3 aromatic carbocycles. The normalized spacial score (nSPS) is 19.0. The summed E-state index contributed by atoms with van der Waals surface area (Å²) in [5.74, 6) is -1.96. The topological polar surface area (TPSA) is 38.8 Å². The van der Waals surface area contributed by atoms with Crippen molar-refractivity contribution in [1.82, 2.24) is 15.1 Å². The van der Waals surface area contributed by atoms with E-state index in [-0.39, 0.29) is 12.2 Å². The van der Waals surface area contributed by atoms with Gasteiger partial charge in [0.25, 0.3) is 0 Å². The molecule has 2 heterocycles. The zero-order valence-electron chi connectivity index (χ0n) is 24.8. The molecule has 2 fully saturated rings. The fraction of sp³-hybridized carbons (Fsp3) is 0.441. The van der Waals surface area contributed by atoms with Crippen LogP contribution in [0.15, 0.2) is 66.7 Å². The summed E-state index contributed by atoms with van der Waals surface area (Å²) in [7, 11) is 2.09. The first-order valence-corrected chi connectivity index (χ1v) is 15.0. The maximum Gasteiger partial charge on any atom is 0.471 e. The number of nitrogens with one attached hydrogen (secondary N) is 1. The summed E-state index contributed by atoms with van der Waals surface area (Å²) in [5.41, 5.74) is 3.48. The molecule has 3 aromatic rings. The molecule has 0 aromatic heterocycles. The van der Waals surface area contributed by atoms with Crippen LogP contribution in [0.1, 0.15) is 36.5 Å². The van der Waals surface area contributed by atoms with Crippen molar-refractivity contribution in [2.75, 3.05) is 44.7 Å². The third kappa shape index (κ3) is 8.22. The van der Waals surface area contributed by atoms with Gasteiger partial charge in [-0.3, -0.25) is 9.69 Å². The fourth-order valence-corrected chi connectivity index (χ4v) is 6.21. The second-order valence-corrected chi connectivity index (χ2v) is 12.1. The molecule has 1 N–H and O–H groups in total. The molecule has 230 valence electrons. The number of anilines is 1. The van der Waals surface area contributed by atoms with Gasteiger partial charge in [0, 0.05) is 43.5 Å². The molecule has 2 saturated heterocycles. The van der Waals surface area contributed by atoms with Gasteiger partial charge in [-0.1, -0.05) is 36.4 Å². The lowest BCUT2D eigenvalue weighted by molar-refractivity contribution is -0.170. The highest BCUT2D eigenvalue weighted by Crippen LogP contribution is 2.31. The van der Waals surface area contributed by atoms with Gasteiger partial charge in [-0.05, 0) is 105 Å². The molecule has 5 nitrogen and oxygen atoms in total. The van der Waals surface area contributed by atoms with Gasteiger partial charge in [0.2, 0.25) is 0 Å². The standard InChI is InChI=1S/C34H40F4N4O/c1-24-21-41(16-13-39-24)22-27-6-3-7-29(18-27)31-20-28(9-10-32(31)35)23-42(33(43)34(36,37)38)30-8-4-5-26(19-30)17-25-11-14-40(2)15-12-25/h3-10,18-20,24-25,39H,11-17,21-23H2,1-2H3/t24-/m0/s1. The molecule has 0 saturated carbocycles. The van der Waals surface area contributed by atoms with Gasteiger partial charge in [-0.2, -0.15) is 13.2 Å². The quantitative estimate of drug-likeness (QED) is 0.312. The predicted octanol–water partition coefficient (Wildman–Crippen LogP) is 6.27. The minimum Gasteiger partial charge on any atom is -0.312 e. The van der Waals surface area contributed by atoms with Crippen molar-refractivity contribution in [3.63, 3.8) is 0 Å². The first kappa shape index (κ1) is 31.2. The number of rotatable bonds is 8. The van der Waals surface area contributed by atoms with Crippen LogP contribution in [0.4, 0.5) is 23.2 Å². The molecule has 43 heavy (non-hydrogen) atoms. The zero-order chi connectivity index (χ0) is 30.6. The highest BCUT2D eigenvalue weighted by atomic mass is 19.4. The molecule has 5 rings (SSSR count). The molecule has 9 heteroatoms. The van der Waals surface area contributed by atoms with Crippen molar-refractivity contribution in [1.29, 1.82) is 0 Å². The summed E-state index contributed by atoms with van der Waals surface area (Å²) >= 11 is 0. The van der Waals surface area contributed by atoms with Crippen LogP contribution in [0.3, 0.4) is 0 Å². The Kier molecular flexibility index (Phi) is 9.84. The van der Waals surface area contributed by atoms with Crippen LogP contribution in [0.25, 0.3) is 11.1 Å². The first-order chi connectivity index (χ1) is 20.5. The highest BCUT2D eigenvalue weighted by Gasteiger charge is 2.43. The maximum absolute atomic E-state index is 15.1. The summed E-state index contributed by atoms with van der Waals surface area (Å²) < 4.78 is 56.5. The van der Waals surface area contributed by atoms with E-state index < -0.39 is 17.9 Å². The Hall–Kier alpha value is -3.27. The average molecular weight is 597 g/mol. The van der Waals surface area contributed by atoms with Crippen molar-refractivity contribution >= 4 is 11.6 Å². The lowest BCUT2D eigenvalue weighted by Gasteiger charge is -2.31. The van der Waals surface area contributed by atoms with Crippen molar-refractivity contribution in [3.8, 4) is 11.1 Å². The number of benzene rings is 3. The second-order valence-electron chi connectivity index (χ2n) is 12.1. The summed E-state index contributed by atoms with van der Waals surface area (Å²) in [5, 5.41) is 3.42. The Balaban J connectivity index is 1.38. The zero-order valence-corrected chi connectivity index (χ0v) is 24.8. The Morgan fingerprint density at radius 2 is 1.70 bits per heavy atom. The largest absolute Gasteiger partial charge is 0.471 e. The molecule has 2 aliphatic rings. The van der Waals surface area contributed by atoms with Gasteiger partial charge in [0.15, 0.2) is 0 Å². The van der Waals surface area contributed by atoms with Crippen LogP contribution in [0.5, 0.6) is 0 Å². The number of hydrogen-bond donors (Lipinski definition) is 1. The van der Waals surface area contributed by atoms with Gasteiger partial charge < -0.3 is 15.1 Å². The van der Waals surface area contributed by atoms with Gasteiger partial charge >= 0.3 is 12.1 Å². The van der Waals surface area contributed by atoms with E-state index in [0.29, 0.717) is 28.7 Å². The number of amides is 1. The summed E-state index contributed by atoms with van der Waals surface area (Å²) in [4.78, 5) is 18.1. The maximum atomic E-state index is 15.1. The molecule has 2 aliphatic heterocycles. The molecule has 1 atom stereocenters. The highest BCUT2D eigenvalue weighted by molar-refractivity contribution is 5.97. The van der Waals surface area contributed by atoms with Crippen molar-refractivity contribution in [2.24, 2.45) is 5.92 Å². The third-order valence-corrected chi connectivity index (χ3v) is 8.54. The van der Waals surface area contributed by atoms with Gasteiger partial charge in [0.1, 0.15) is 5.82 Å². The number of hydrogen-bond acceptors (Lipinski definition) is 4. The van der Waals surface area contributed by atoms with E-state index in [2.05, 4.69) is 29.1 Å². The summed E-state index contributed by atoms with van der Waals surface area (Å²) in [6, 6.07) is 19.1. The second kappa shape index (κ2) is 13.6. The van der Waals surface area contributed by atoms with E-state index in [9.17, 15) is 18.0 Å². The molecular weight excluding hydrogens is 556 g/mol. The summed E-state index contributed by atoms with van der Waals surface area (Å²) in [6.45, 7) is 7.26. The van der Waals surface area contributed by atoms with Gasteiger partial charge in [0.05, 0.1) is 6.54 Å². The van der Waals surface area contributed by atoms with Crippen molar-refractivity contribution in [3.05, 3.63) is 89.2 Å². The van der Waals surface area contributed by atoms with Crippen molar-refractivity contribution in [2.45, 2.75) is 51.5 Å². The number of piperidine rings is 1. The lowest BCUT2D eigenvalue weighted by atomic mass is 9.90. The van der Waals surface area contributed by atoms with Crippen LogP contribution in [-0.4, -0.2) is 67.7 Å². The molecule has 0 bridgehead atoms. The van der Waals surface area contributed by atoms with E-state index >= 15 is 4.39 Å². The van der Waals surface area contributed by atoms with E-state index in [1.807, 2.05) is 24.3 Å². The number of halogens is 4. The number of carbonyl (C=O) groups is 1. The predicted molar refractivity (Wildman–Crippen MR) is 162 cm³/mol. The summed E-state index contributed by atoms with van der Waals surface area (Å²) in [6.07, 6.45) is -2.25. The Bertz CT molecular complexity index is 1400. The van der Waals surface area contributed by atoms with Crippen LogP contribution in [-0.2, 0) is 24.3 Å². The third-order valence-electron chi connectivity index (χ3n) is 8.54. The minimum atomic E-state index is -5.05. The fourth-order valence-electron chi connectivity index (χ4n) is 6.21. The molecule has 1 amide bonds. The SMILES string of the molecule is C[C@H]1CN(Cc2cccc(-c3cc(CN(C(=O)C(F)(F)F)c4cccc(CC5CCN(C)CC5)c4)ccc3F)c2)CCN1. The van der Waals surface area contributed by atoms with Gasteiger partial charge in [-0.15, -0.1) is 0 Å². The molecule has 0 spiro atoms. The molecule has 0 aliphatic carbocycles. The number of likely N-dealkylation sites (tertiary alicyclic amines) is 1. The smallest absolute Gasteiger partial charge is 0.312 e. The van der Waals surface area contributed by atoms with Crippen LogP contribution < -0.4 is 10.2 Å². The van der Waals surface area contributed by atoms with Crippen LogP contribution in [0, 0.1) is 11.7 Å². The Morgan fingerprint density at radius 3 is 2.44 bits per heavy atom. The lowest BCUT2D eigenvalue weighted by Crippen LogP contribution is -2.48. The molecule has 0 radical (unpaired) electrons. The Labute approximate surface area is 251 Å². The van der Waals surface area contributed by atoms with Crippen LogP contribution in [0.2, 0.25) is 0 Å². The van der Waals surface area contributed by atoms with E-state index in [0.717, 1.165) is 74.6 Å². The monoisotopic (exact) mass is 596 g/mol. The molecular formula is C34H40F4N4O. The van der Waals surface area contributed by atoms with E-state index in [1.54, 1.807) is 24.3 Å². The van der Waals surface area contributed by atoms with E-state index in [1.165, 1.54) is 18.2 Å². The van der Waals surface area contributed by atoms with Crippen molar-refractivity contribution < 1.29 is 22.4 Å². The number of carbonyl (C=O) groups excluding carboxylic acids is 1. The minimum absolute atomic E-state index is 0.186. The number of nitrogens with zero attached hydrogens (tertiary/aromatic N) is 3. The van der Waals surface area contributed by atoms with E-state index in [4.69, 9.17) is 0 Å². The Morgan fingerprint density at radius 1 is 0.953 bits per heavy atom. The first-order valence-electron chi connectivity index (χ1n) is 15.0. The van der Waals surface area contributed by atoms with Gasteiger partial charge in [-0.25, -0.2) is 4.39 Å². The average Bonchev–Trinajstić information content (AvgIpc) is 2.97. The van der Waals surface area contributed by atoms with Crippen LogP contribution >= 0.6 is 0 Å². The molecule has 0 unspecified atom stereocenters. The number of piperazine rings is 1.